The molecule has 1 heterocycles. The molecule has 0 unspecified atom stereocenters. The number of carbonyl (C=O) groups is 1. The van der Waals surface area contributed by atoms with Crippen LogP contribution < -0.4 is 4.74 Å². The van der Waals surface area contributed by atoms with E-state index in [2.05, 4.69) is 13.8 Å². The lowest BCUT2D eigenvalue weighted by molar-refractivity contribution is -0.148. The molecule has 1 aromatic heterocycles. The minimum absolute atomic E-state index is 0.116. The van der Waals surface area contributed by atoms with E-state index in [9.17, 15) is 26.7 Å². The van der Waals surface area contributed by atoms with Gasteiger partial charge in [0.2, 0.25) is 0 Å². The van der Waals surface area contributed by atoms with Crippen LogP contribution in [0.5, 0.6) is 5.75 Å². The summed E-state index contributed by atoms with van der Waals surface area (Å²) in [6.45, 7) is 5.42. The second-order valence-corrected chi connectivity index (χ2v) is 9.81. The van der Waals surface area contributed by atoms with E-state index in [1.165, 1.54) is 12.1 Å². The van der Waals surface area contributed by atoms with Crippen molar-refractivity contribution in [2.75, 3.05) is 19.7 Å². The number of aromatic nitrogens is 2. The number of nitrogens with zero attached hydrogens (tertiary/aromatic N) is 3. The fourth-order valence-electron chi connectivity index (χ4n) is 4.13. The third-order valence-corrected chi connectivity index (χ3v) is 6.20. The zero-order valence-corrected chi connectivity index (χ0v) is 22.1. The predicted octanol–water partition coefficient (Wildman–Crippen LogP) is 7.12. The number of hydrogen-bond acceptors (Lipinski definition) is 3. The van der Waals surface area contributed by atoms with E-state index in [0.29, 0.717) is 31.0 Å². The molecule has 0 N–H and O–H groups in total. The zero-order valence-electron chi connectivity index (χ0n) is 22.1. The van der Waals surface area contributed by atoms with E-state index in [4.69, 9.17) is 9.72 Å². The van der Waals surface area contributed by atoms with Crippen molar-refractivity contribution in [1.82, 2.24) is 14.5 Å². The van der Waals surface area contributed by atoms with Crippen LogP contribution in [0.2, 0.25) is 0 Å². The number of halogens is 5. The van der Waals surface area contributed by atoms with Crippen LogP contribution in [0.25, 0.3) is 11.0 Å². The average Bonchev–Trinajstić information content (AvgIpc) is 3.18. The maximum absolute atomic E-state index is 14.0. The number of imidazole rings is 1. The molecule has 3 rings (SSSR count). The summed E-state index contributed by atoms with van der Waals surface area (Å²) in [6, 6.07) is 12.0. The highest BCUT2D eigenvalue weighted by molar-refractivity contribution is 5.97. The van der Waals surface area contributed by atoms with Gasteiger partial charge in [0.1, 0.15) is 18.1 Å². The number of ether oxygens (including phenoxy) is 1. The number of rotatable bonds is 12. The van der Waals surface area contributed by atoms with Gasteiger partial charge in [-0.3, -0.25) is 4.79 Å². The lowest BCUT2D eigenvalue weighted by Gasteiger charge is -2.27. The third-order valence-electron chi connectivity index (χ3n) is 6.20. The van der Waals surface area contributed by atoms with E-state index >= 15 is 0 Å². The second-order valence-electron chi connectivity index (χ2n) is 9.81. The quantitative estimate of drug-likeness (QED) is 0.230. The fraction of sp³-hybridized carbons (Fsp3) is 0.500. The van der Waals surface area contributed by atoms with Gasteiger partial charge >= 0.3 is 6.18 Å². The van der Waals surface area contributed by atoms with Gasteiger partial charge in [-0.2, -0.15) is 13.2 Å². The van der Waals surface area contributed by atoms with Crippen molar-refractivity contribution < 1.29 is 31.5 Å². The minimum atomic E-state index is -4.81. The number of carbonyl (C=O) groups excluding carboxylic acids is 1. The highest BCUT2D eigenvalue weighted by Crippen LogP contribution is 2.27. The number of fused-ring (bicyclic) bond motifs is 1. The van der Waals surface area contributed by atoms with E-state index in [1.807, 2.05) is 35.8 Å². The Morgan fingerprint density at radius 3 is 2.29 bits per heavy atom. The van der Waals surface area contributed by atoms with Crippen molar-refractivity contribution in [3.8, 4) is 5.75 Å². The first-order valence-corrected chi connectivity index (χ1v) is 12.8. The summed E-state index contributed by atoms with van der Waals surface area (Å²) in [5.74, 6) is -2.64. The predicted molar refractivity (Wildman–Crippen MR) is 137 cm³/mol. The van der Waals surface area contributed by atoms with Gasteiger partial charge in [-0.1, -0.05) is 32.9 Å². The van der Waals surface area contributed by atoms with Gasteiger partial charge in [0.25, 0.3) is 11.8 Å². The summed E-state index contributed by atoms with van der Waals surface area (Å²) < 4.78 is 74.9. The molecule has 0 bridgehead atoms. The van der Waals surface area contributed by atoms with Gasteiger partial charge in [0, 0.05) is 24.9 Å². The first kappa shape index (κ1) is 29.4. The molecule has 2 aromatic carbocycles. The molecule has 0 saturated carbocycles. The lowest BCUT2D eigenvalue weighted by Crippen LogP contribution is -2.45. The second kappa shape index (κ2) is 12.1. The molecule has 0 radical (unpaired) electrons. The van der Waals surface area contributed by atoms with Crippen LogP contribution in [-0.2, 0) is 13.0 Å². The van der Waals surface area contributed by atoms with Crippen LogP contribution in [-0.4, -0.2) is 52.2 Å². The maximum Gasteiger partial charge on any atom is 0.406 e. The van der Waals surface area contributed by atoms with E-state index < -0.39 is 37.5 Å². The molecular weight excluding hydrogens is 505 g/mol. The van der Waals surface area contributed by atoms with Crippen molar-refractivity contribution in [2.45, 2.75) is 65.6 Å². The molecule has 0 saturated heterocycles. The molecular formula is C28H34F5N3O2. The van der Waals surface area contributed by atoms with Crippen molar-refractivity contribution in [2.24, 2.45) is 5.92 Å². The summed E-state index contributed by atoms with van der Waals surface area (Å²) in [7, 11) is 0. The van der Waals surface area contributed by atoms with E-state index in [-0.39, 0.29) is 10.5 Å². The Morgan fingerprint density at radius 1 is 1.03 bits per heavy atom. The molecule has 0 aliphatic carbocycles. The Morgan fingerprint density at radius 2 is 1.71 bits per heavy atom. The van der Waals surface area contributed by atoms with Gasteiger partial charge in [-0.25, -0.2) is 13.8 Å². The van der Waals surface area contributed by atoms with Crippen LogP contribution in [0, 0.1) is 5.92 Å². The summed E-state index contributed by atoms with van der Waals surface area (Å²) in [5, 5.41) is 0. The van der Waals surface area contributed by atoms with E-state index in [1.54, 1.807) is 6.07 Å². The summed E-state index contributed by atoms with van der Waals surface area (Å²) in [4.78, 5) is 17.9. The summed E-state index contributed by atoms with van der Waals surface area (Å²) in [5.41, 5.74) is 2.03. The normalized spacial score (nSPS) is 12.4. The molecule has 0 atom stereocenters. The van der Waals surface area contributed by atoms with Gasteiger partial charge < -0.3 is 14.2 Å². The molecule has 0 aliphatic heterocycles. The van der Waals surface area contributed by atoms with Gasteiger partial charge in [-0.05, 0) is 55.2 Å². The average molecular weight is 540 g/mol. The van der Waals surface area contributed by atoms with Gasteiger partial charge in [0.15, 0.2) is 0 Å². The smallest absolute Gasteiger partial charge is 0.406 e. The van der Waals surface area contributed by atoms with Gasteiger partial charge in [-0.15, -0.1) is 0 Å². The number of benzene rings is 2. The molecule has 0 spiro atoms. The van der Waals surface area contributed by atoms with Crippen molar-refractivity contribution in [3.05, 3.63) is 59.4 Å². The molecule has 5 nitrogen and oxygen atoms in total. The van der Waals surface area contributed by atoms with Crippen LogP contribution in [0.15, 0.2) is 42.5 Å². The van der Waals surface area contributed by atoms with Crippen molar-refractivity contribution >= 4 is 16.9 Å². The molecule has 0 aliphatic rings. The highest BCUT2D eigenvalue weighted by atomic mass is 19.4. The molecule has 0 fully saturated rings. The van der Waals surface area contributed by atoms with Crippen LogP contribution in [0.1, 0.15) is 62.3 Å². The Bertz CT molecular complexity index is 1220. The fourth-order valence-corrected chi connectivity index (χ4v) is 4.13. The monoisotopic (exact) mass is 539 g/mol. The van der Waals surface area contributed by atoms with Crippen LogP contribution >= 0.6 is 0 Å². The molecule has 3 aromatic rings. The largest absolute Gasteiger partial charge is 0.494 e. The Hall–Kier alpha value is -3.17. The number of amides is 1. The standard InChI is InChI=1S/C28H34F5N3O2/c1-5-27(29,30)17-35(18-28(31,32)33)26(37)21-9-12-24-23(16-21)34-25(36(24)14-13-19(3)4)15-20-7-10-22(11-8-20)38-6-2/h7-12,16,19H,5-6,13-15,17-18H2,1-4H3. The number of alkyl halides is 5. The Balaban J connectivity index is 1.97. The lowest BCUT2D eigenvalue weighted by atomic mass is 10.1. The maximum atomic E-state index is 14.0. The Labute approximate surface area is 219 Å². The zero-order chi connectivity index (χ0) is 28.1. The highest BCUT2D eigenvalue weighted by Gasteiger charge is 2.39. The third kappa shape index (κ3) is 7.91. The van der Waals surface area contributed by atoms with Gasteiger partial charge in [0.05, 0.1) is 24.2 Å². The molecule has 1 amide bonds. The first-order chi connectivity index (χ1) is 17.8. The number of aryl methyl sites for hydroxylation is 1. The molecule has 10 heteroatoms. The van der Waals surface area contributed by atoms with Crippen LogP contribution in [0.4, 0.5) is 22.0 Å². The van der Waals surface area contributed by atoms with E-state index in [0.717, 1.165) is 36.0 Å². The topological polar surface area (TPSA) is 47.4 Å². The minimum Gasteiger partial charge on any atom is -0.494 e. The number of hydrogen-bond donors (Lipinski definition) is 0. The summed E-state index contributed by atoms with van der Waals surface area (Å²) >= 11 is 0. The SMILES string of the molecule is CCOc1ccc(Cc2nc3cc(C(=O)N(CC(F)(F)F)CC(F)(F)CC)ccc3n2CCC(C)C)cc1. The van der Waals surface area contributed by atoms with Crippen molar-refractivity contribution in [1.29, 1.82) is 0 Å². The molecule has 38 heavy (non-hydrogen) atoms. The molecule has 208 valence electrons. The summed E-state index contributed by atoms with van der Waals surface area (Å²) in [6.07, 6.45) is -4.13. The van der Waals surface area contributed by atoms with Crippen LogP contribution in [0.3, 0.4) is 0 Å². The van der Waals surface area contributed by atoms with Crippen molar-refractivity contribution in [3.63, 3.8) is 0 Å². The first-order valence-electron chi connectivity index (χ1n) is 12.8. The Kier molecular flexibility index (Phi) is 9.38.